The van der Waals surface area contributed by atoms with E-state index in [-0.39, 0.29) is 18.4 Å². The summed E-state index contributed by atoms with van der Waals surface area (Å²) in [6, 6.07) is 3.74. The van der Waals surface area contributed by atoms with Gasteiger partial charge >= 0.3 is 5.97 Å². The highest BCUT2D eigenvalue weighted by Crippen LogP contribution is 2.22. The maximum Gasteiger partial charge on any atom is 0.307 e. The Kier molecular flexibility index (Phi) is 7.71. The number of likely N-dealkylation sites (N-methyl/N-ethyl adjacent to an activating group) is 2. The minimum Gasteiger partial charge on any atom is -0.466 e. The van der Waals surface area contributed by atoms with Crippen molar-refractivity contribution < 1.29 is 14.3 Å². The van der Waals surface area contributed by atoms with Gasteiger partial charge in [-0.15, -0.1) is 11.3 Å². The summed E-state index contributed by atoms with van der Waals surface area (Å²) in [5, 5.41) is 0. The van der Waals surface area contributed by atoms with Crippen LogP contribution in [0.5, 0.6) is 0 Å². The first-order chi connectivity index (χ1) is 9.92. The first-order valence-electron chi connectivity index (χ1n) is 6.74. The zero-order valence-corrected chi connectivity index (χ0v) is 14.2. The number of nitrogens with zero attached hydrogens (tertiary/aromatic N) is 2. The zero-order chi connectivity index (χ0) is 15.8. The molecule has 0 atom stereocenters. The number of halogens is 1. The van der Waals surface area contributed by atoms with Gasteiger partial charge in [0.1, 0.15) is 0 Å². The third-order valence-corrected chi connectivity index (χ3v) is 4.07. The molecule has 0 aliphatic carbocycles. The molecule has 0 saturated heterocycles. The van der Waals surface area contributed by atoms with E-state index in [9.17, 15) is 9.59 Å². The van der Waals surface area contributed by atoms with Gasteiger partial charge in [0.05, 0.1) is 30.5 Å². The van der Waals surface area contributed by atoms with E-state index in [1.165, 1.54) is 11.3 Å². The number of amides is 1. The normalized spacial score (nSPS) is 10.7. The molecule has 0 aromatic carbocycles. The summed E-state index contributed by atoms with van der Waals surface area (Å²) >= 11 is 7.34. The van der Waals surface area contributed by atoms with E-state index in [1.54, 1.807) is 18.9 Å². The zero-order valence-electron chi connectivity index (χ0n) is 12.6. The molecule has 118 valence electrons. The van der Waals surface area contributed by atoms with E-state index < -0.39 is 0 Å². The molecule has 7 heteroatoms. The van der Waals surface area contributed by atoms with Crippen LogP contribution in [0.2, 0.25) is 4.34 Å². The van der Waals surface area contributed by atoms with Crippen molar-refractivity contribution >= 4 is 34.8 Å². The summed E-state index contributed by atoms with van der Waals surface area (Å²) in [4.78, 5) is 27.8. The number of esters is 1. The van der Waals surface area contributed by atoms with Crippen LogP contribution in [0, 0.1) is 0 Å². The molecule has 0 aliphatic heterocycles. The number of carbonyl (C=O) groups excluding carboxylic acids is 2. The van der Waals surface area contributed by atoms with Gasteiger partial charge in [-0.1, -0.05) is 11.6 Å². The lowest BCUT2D eigenvalue weighted by Crippen LogP contribution is -2.37. The highest BCUT2D eigenvalue weighted by molar-refractivity contribution is 7.16. The molecule has 21 heavy (non-hydrogen) atoms. The van der Waals surface area contributed by atoms with E-state index in [0.29, 0.717) is 26.1 Å². The second kappa shape index (κ2) is 9.02. The van der Waals surface area contributed by atoms with Crippen molar-refractivity contribution in [2.45, 2.75) is 19.9 Å². The third-order valence-electron chi connectivity index (χ3n) is 2.86. The Morgan fingerprint density at radius 1 is 1.33 bits per heavy atom. The Morgan fingerprint density at radius 3 is 2.62 bits per heavy atom. The predicted molar refractivity (Wildman–Crippen MR) is 84.6 cm³/mol. The molecule has 0 spiro atoms. The van der Waals surface area contributed by atoms with Crippen molar-refractivity contribution in [1.82, 2.24) is 9.80 Å². The minimum absolute atomic E-state index is 0.00545. The Bertz CT molecular complexity index is 479. The molecule has 1 aromatic rings. The molecule has 0 aliphatic rings. The molecule has 0 unspecified atom stereocenters. The Labute approximate surface area is 134 Å². The molecule has 1 heterocycles. The van der Waals surface area contributed by atoms with Gasteiger partial charge in [0, 0.05) is 18.5 Å². The number of rotatable bonds is 8. The van der Waals surface area contributed by atoms with Crippen molar-refractivity contribution in [3.63, 3.8) is 0 Å². The van der Waals surface area contributed by atoms with Gasteiger partial charge in [-0.2, -0.15) is 0 Å². The summed E-state index contributed by atoms with van der Waals surface area (Å²) < 4.78 is 5.57. The Balaban J connectivity index is 2.32. The molecule has 0 bridgehead atoms. The monoisotopic (exact) mass is 332 g/mol. The van der Waals surface area contributed by atoms with Gasteiger partial charge in [0.15, 0.2) is 0 Å². The van der Waals surface area contributed by atoms with E-state index in [2.05, 4.69) is 0 Å². The molecule has 5 nitrogen and oxygen atoms in total. The van der Waals surface area contributed by atoms with Crippen molar-refractivity contribution in [2.75, 3.05) is 33.8 Å². The predicted octanol–water partition coefficient (Wildman–Crippen LogP) is 2.24. The molecular formula is C14H21ClN2O3S. The smallest absolute Gasteiger partial charge is 0.307 e. The lowest BCUT2D eigenvalue weighted by molar-refractivity contribution is -0.144. The minimum atomic E-state index is -0.238. The number of carbonyl (C=O) groups is 2. The summed E-state index contributed by atoms with van der Waals surface area (Å²) in [5.41, 5.74) is 0. The second-order valence-corrected chi connectivity index (χ2v) is 6.55. The molecule has 1 rings (SSSR count). The van der Waals surface area contributed by atoms with Crippen LogP contribution in [-0.4, -0.2) is 55.5 Å². The number of hydrogen-bond donors (Lipinski definition) is 0. The van der Waals surface area contributed by atoms with Gasteiger partial charge < -0.3 is 9.64 Å². The maximum absolute atomic E-state index is 12.1. The van der Waals surface area contributed by atoms with Crippen LogP contribution in [0.3, 0.4) is 0 Å². The molecular weight excluding hydrogens is 312 g/mol. The quantitative estimate of drug-likeness (QED) is 0.685. The van der Waals surface area contributed by atoms with Crippen LogP contribution in [0.1, 0.15) is 18.2 Å². The molecule has 0 fully saturated rings. The topological polar surface area (TPSA) is 49.9 Å². The fourth-order valence-corrected chi connectivity index (χ4v) is 2.85. The first-order valence-corrected chi connectivity index (χ1v) is 7.94. The van der Waals surface area contributed by atoms with Crippen molar-refractivity contribution in [3.05, 3.63) is 21.3 Å². The van der Waals surface area contributed by atoms with Crippen LogP contribution in [0.15, 0.2) is 12.1 Å². The number of ether oxygens (including phenoxy) is 1. The van der Waals surface area contributed by atoms with Gasteiger partial charge in [0.2, 0.25) is 5.91 Å². The third kappa shape index (κ3) is 6.93. The van der Waals surface area contributed by atoms with E-state index in [4.69, 9.17) is 16.3 Å². The summed E-state index contributed by atoms with van der Waals surface area (Å²) in [5.74, 6) is -0.232. The second-order valence-electron chi connectivity index (χ2n) is 4.75. The van der Waals surface area contributed by atoms with Crippen molar-refractivity contribution in [3.8, 4) is 0 Å². The highest BCUT2D eigenvalue weighted by Gasteiger charge is 2.14. The lowest BCUT2D eigenvalue weighted by atomic mass is 10.3. The van der Waals surface area contributed by atoms with Gasteiger partial charge in [-0.05, 0) is 26.1 Å². The van der Waals surface area contributed by atoms with Crippen LogP contribution in [-0.2, 0) is 20.9 Å². The van der Waals surface area contributed by atoms with Crippen molar-refractivity contribution in [1.29, 1.82) is 0 Å². The molecule has 1 aromatic heterocycles. The average Bonchev–Trinajstić information content (AvgIpc) is 2.82. The van der Waals surface area contributed by atoms with Gasteiger partial charge in [-0.25, -0.2) is 0 Å². The fraction of sp³-hybridized carbons (Fsp3) is 0.571. The molecule has 0 N–H and O–H groups in total. The standard InChI is InChI=1S/C14H21ClN2O3S/c1-4-20-14(19)7-8-16(2)10-13(18)17(3)9-11-5-6-12(15)21-11/h5-6H,4,7-10H2,1-3H3. The lowest BCUT2D eigenvalue weighted by Gasteiger charge is -2.21. The SMILES string of the molecule is CCOC(=O)CCN(C)CC(=O)N(C)Cc1ccc(Cl)s1. The molecule has 0 radical (unpaired) electrons. The van der Waals surface area contributed by atoms with Crippen LogP contribution in [0.25, 0.3) is 0 Å². The first kappa shape index (κ1) is 17.9. The molecule has 1 amide bonds. The van der Waals surface area contributed by atoms with E-state index in [0.717, 1.165) is 9.21 Å². The number of hydrogen-bond acceptors (Lipinski definition) is 5. The van der Waals surface area contributed by atoms with Crippen molar-refractivity contribution in [2.24, 2.45) is 0 Å². The Hall–Kier alpha value is -1.11. The van der Waals surface area contributed by atoms with Crippen LogP contribution >= 0.6 is 22.9 Å². The van der Waals surface area contributed by atoms with Crippen LogP contribution in [0.4, 0.5) is 0 Å². The summed E-state index contributed by atoms with van der Waals surface area (Å²) in [6.45, 7) is 3.48. The summed E-state index contributed by atoms with van der Waals surface area (Å²) in [7, 11) is 3.57. The Morgan fingerprint density at radius 2 is 2.05 bits per heavy atom. The van der Waals surface area contributed by atoms with Gasteiger partial charge in [-0.3, -0.25) is 14.5 Å². The average molecular weight is 333 g/mol. The largest absolute Gasteiger partial charge is 0.466 e. The molecule has 0 saturated carbocycles. The highest BCUT2D eigenvalue weighted by atomic mass is 35.5. The maximum atomic E-state index is 12.1. The van der Waals surface area contributed by atoms with Gasteiger partial charge in [0.25, 0.3) is 0 Å². The van der Waals surface area contributed by atoms with Crippen LogP contribution < -0.4 is 0 Å². The van der Waals surface area contributed by atoms with E-state index in [1.807, 2.05) is 24.1 Å². The fourth-order valence-electron chi connectivity index (χ4n) is 1.70. The number of thiophene rings is 1. The van der Waals surface area contributed by atoms with E-state index >= 15 is 0 Å². The summed E-state index contributed by atoms with van der Waals surface area (Å²) in [6.07, 6.45) is 0.294.